The average molecular weight is 341 g/mol. The van der Waals surface area contributed by atoms with Crippen molar-refractivity contribution in [3.05, 3.63) is 27.7 Å². The van der Waals surface area contributed by atoms with Crippen LogP contribution in [0.4, 0.5) is 0 Å². The topological polar surface area (TPSA) is 50.4 Å². The zero-order valence-corrected chi connectivity index (χ0v) is 13.4. The Hall–Kier alpha value is -1.07. The van der Waals surface area contributed by atoms with Crippen molar-refractivity contribution in [2.75, 3.05) is 19.7 Å². The van der Waals surface area contributed by atoms with Crippen molar-refractivity contribution < 1.29 is 9.53 Å². The highest BCUT2D eigenvalue weighted by molar-refractivity contribution is 9.10. The molecule has 0 saturated heterocycles. The molecule has 1 aliphatic heterocycles. The van der Waals surface area contributed by atoms with Gasteiger partial charge in [-0.25, -0.2) is 0 Å². The Labute approximate surface area is 128 Å². The van der Waals surface area contributed by atoms with Crippen molar-refractivity contribution in [3.63, 3.8) is 0 Å². The van der Waals surface area contributed by atoms with Gasteiger partial charge in [0, 0.05) is 42.5 Å². The number of fused-ring (bicyclic) bond motifs is 1. The predicted octanol–water partition coefficient (Wildman–Crippen LogP) is 2.39. The van der Waals surface area contributed by atoms with E-state index < -0.39 is 0 Å². The molecule has 5 heteroatoms. The number of carbonyl (C=O) groups excluding carboxylic acids is 1. The molecule has 0 saturated carbocycles. The molecule has 1 amide bonds. The highest BCUT2D eigenvalue weighted by Gasteiger charge is 2.17. The van der Waals surface area contributed by atoms with Gasteiger partial charge in [0.05, 0.1) is 6.61 Å². The molecule has 20 heavy (non-hydrogen) atoms. The van der Waals surface area contributed by atoms with Gasteiger partial charge in [-0.2, -0.15) is 0 Å². The van der Waals surface area contributed by atoms with E-state index in [4.69, 9.17) is 4.74 Å². The SMILES string of the molecule is CCCNC(=O)CCNCc1cc(Br)cc2c1OCC2. The van der Waals surface area contributed by atoms with Crippen molar-refractivity contribution >= 4 is 21.8 Å². The molecule has 110 valence electrons. The first-order valence-corrected chi connectivity index (χ1v) is 7.91. The summed E-state index contributed by atoms with van der Waals surface area (Å²) in [6.07, 6.45) is 2.46. The largest absolute Gasteiger partial charge is 0.493 e. The van der Waals surface area contributed by atoms with Crippen molar-refractivity contribution in [1.82, 2.24) is 10.6 Å². The lowest BCUT2D eigenvalue weighted by atomic mass is 10.1. The maximum Gasteiger partial charge on any atom is 0.221 e. The van der Waals surface area contributed by atoms with Gasteiger partial charge in [0.2, 0.25) is 5.91 Å². The molecule has 4 nitrogen and oxygen atoms in total. The van der Waals surface area contributed by atoms with Crippen LogP contribution in [0.3, 0.4) is 0 Å². The second-order valence-corrected chi connectivity index (χ2v) is 5.84. The third-order valence-electron chi connectivity index (χ3n) is 3.24. The summed E-state index contributed by atoms with van der Waals surface area (Å²) < 4.78 is 6.76. The van der Waals surface area contributed by atoms with Gasteiger partial charge >= 0.3 is 0 Å². The Bertz CT molecular complexity index is 477. The van der Waals surface area contributed by atoms with E-state index in [1.807, 2.05) is 6.92 Å². The minimum absolute atomic E-state index is 0.107. The molecule has 0 bridgehead atoms. The van der Waals surface area contributed by atoms with Crippen LogP contribution in [-0.4, -0.2) is 25.6 Å². The van der Waals surface area contributed by atoms with E-state index in [1.165, 1.54) is 5.56 Å². The van der Waals surface area contributed by atoms with E-state index in [0.29, 0.717) is 13.0 Å². The van der Waals surface area contributed by atoms with Crippen LogP contribution in [0.25, 0.3) is 0 Å². The number of nitrogens with one attached hydrogen (secondary N) is 2. The number of rotatable bonds is 7. The minimum Gasteiger partial charge on any atom is -0.493 e. The van der Waals surface area contributed by atoms with E-state index >= 15 is 0 Å². The molecule has 0 aromatic heterocycles. The minimum atomic E-state index is 0.107. The summed E-state index contributed by atoms with van der Waals surface area (Å²) in [6, 6.07) is 4.19. The quantitative estimate of drug-likeness (QED) is 0.749. The molecule has 2 rings (SSSR count). The Morgan fingerprint density at radius 2 is 2.25 bits per heavy atom. The van der Waals surface area contributed by atoms with Gasteiger partial charge in [-0.05, 0) is 24.1 Å². The highest BCUT2D eigenvalue weighted by atomic mass is 79.9. The fraction of sp³-hybridized carbons (Fsp3) is 0.533. The van der Waals surface area contributed by atoms with Gasteiger partial charge in [0.25, 0.3) is 0 Å². The standard InChI is InChI=1S/C15H21BrN2O2/c1-2-5-18-14(19)3-6-17-10-12-9-13(16)8-11-4-7-20-15(11)12/h8-9,17H,2-7,10H2,1H3,(H,18,19). The molecule has 0 aliphatic carbocycles. The van der Waals surface area contributed by atoms with E-state index in [2.05, 4.69) is 38.7 Å². The van der Waals surface area contributed by atoms with Crippen LogP contribution in [0.5, 0.6) is 5.75 Å². The molecule has 0 atom stereocenters. The van der Waals surface area contributed by atoms with E-state index in [1.54, 1.807) is 0 Å². The third kappa shape index (κ3) is 4.21. The van der Waals surface area contributed by atoms with Gasteiger partial charge in [0.1, 0.15) is 5.75 Å². The number of ether oxygens (including phenoxy) is 1. The molecule has 1 aromatic carbocycles. The van der Waals surface area contributed by atoms with Gasteiger partial charge in [-0.15, -0.1) is 0 Å². The van der Waals surface area contributed by atoms with Crippen molar-refractivity contribution in [3.8, 4) is 5.75 Å². The molecule has 1 aliphatic rings. The smallest absolute Gasteiger partial charge is 0.221 e. The number of hydrogen-bond acceptors (Lipinski definition) is 3. The lowest BCUT2D eigenvalue weighted by Crippen LogP contribution is -2.28. The van der Waals surface area contributed by atoms with E-state index in [9.17, 15) is 4.79 Å². The zero-order valence-electron chi connectivity index (χ0n) is 11.8. The maximum atomic E-state index is 11.5. The monoisotopic (exact) mass is 340 g/mol. The summed E-state index contributed by atoms with van der Waals surface area (Å²) in [6.45, 7) is 4.97. The summed E-state index contributed by atoms with van der Waals surface area (Å²) >= 11 is 3.53. The van der Waals surface area contributed by atoms with Gasteiger partial charge in [-0.1, -0.05) is 22.9 Å². The highest BCUT2D eigenvalue weighted by Crippen LogP contribution is 2.32. The van der Waals surface area contributed by atoms with Gasteiger partial charge in [0.15, 0.2) is 0 Å². The van der Waals surface area contributed by atoms with Crippen LogP contribution in [0.1, 0.15) is 30.9 Å². The summed E-state index contributed by atoms with van der Waals surface area (Å²) in [5.41, 5.74) is 2.41. The molecule has 0 unspecified atom stereocenters. The molecule has 1 heterocycles. The zero-order chi connectivity index (χ0) is 14.4. The first-order chi connectivity index (χ1) is 9.70. The van der Waals surface area contributed by atoms with Gasteiger partial charge < -0.3 is 15.4 Å². The lowest BCUT2D eigenvalue weighted by Gasteiger charge is -2.10. The lowest BCUT2D eigenvalue weighted by molar-refractivity contribution is -0.120. The summed E-state index contributed by atoms with van der Waals surface area (Å²) in [7, 11) is 0. The molecule has 0 spiro atoms. The average Bonchev–Trinajstić information content (AvgIpc) is 2.89. The van der Waals surface area contributed by atoms with Crippen LogP contribution < -0.4 is 15.4 Å². The second kappa shape index (κ2) is 7.64. The maximum absolute atomic E-state index is 11.5. The van der Waals surface area contributed by atoms with Crippen LogP contribution in [-0.2, 0) is 17.8 Å². The van der Waals surface area contributed by atoms with Crippen LogP contribution in [0, 0.1) is 0 Å². The number of benzene rings is 1. The van der Waals surface area contributed by atoms with Crippen LogP contribution in [0.2, 0.25) is 0 Å². The number of carbonyl (C=O) groups is 1. The number of hydrogen-bond donors (Lipinski definition) is 2. The normalized spacial score (nSPS) is 12.9. The molecule has 0 radical (unpaired) electrons. The molecule has 1 aromatic rings. The number of amides is 1. The van der Waals surface area contributed by atoms with Crippen molar-refractivity contribution in [2.24, 2.45) is 0 Å². The van der Waals surface area contributed by atoms with Gasteiger partial charge in [-0.3, -0.25) is 4.79 Å². The van der Waals surface area contributed by atoms with Crippen molar-refractivity contribution in [2.45, 2.75) is 32.7 Å². The molecular formula is C15H21BrN2O2. The molecule has 0 fully saturated rings. The van der Waals surface area contributed by atoms with Crippen molar-refractivity contribution in [1.29, 1.82) is 0 Å². The fourth-order valence-electron chi connectivity index (χ4n) is 2.26. The first kappa shape index (κ1) is 15.3. The van der Waals surface area contributed by atoms with Crippen LogP contribution >= 0.6 is 15.9 Å². The summed E-state index contributed by atoms with van der Waals surface area (Å²) in [5.74, 6) is 1.12. The Morgan fingerprint density at radius 1 is 1.40 bits per heavy atom. The Balaban J connectivity index is 1.79. The van der Waals surface area contributed by atoms with E-state index in [0.717, 1.165) is 48.3 Å². The Morgan fingerprint density at radius 3 is 3.05 bits per heavy atom. The third-order valence-corrected chi connectivity index (χ3v) is 3.70. The molecule has 2 N–H and O–H groups in total. The predicted molar refractivity (Wildman–Crippen MR) is 83.0 cm³/mol. The Kier molecular flexibility index (Phi) is 5.86. The van der Waals surface area contributed by atoms with Crippen LogP contribution in [0.15, 0.2) is 16.6 Å². The second-order valence-electron chi connectivity index (χ2n) is 4.93. The molecular weight excluding hydrogens is 320 g/mol. The summed E-state index contributed by atoms with van der Waals surface area (Å²) in [4.78, 5) is 11.5. The number of halogens is 1. The summed E-state index contributed by atoms with van der Waals surface area (Å²) in [5, 5.41) is 6.17. The first-order valence-electron chi connectivity index (χ1n) is 7.12. The van der Waals surface area contributed by atoms with E-state index in [-0.39, 0.29) is 5.91 Å². The fourth-order valence-corrected chi connectivity index (χ4v) is 2.81.